The number of nitrogens with zero attached hydrogens (tertiary/aromatic N) is 5. The summed E-state index contributed by atoms with van der Waals surface area (Å²) in [5.74, 6) is 1.28. The van der Waals surface area contributed by atoms with Crippen molar-refractivity contribution in [2.75, 3.05) is 28.4 Å². The Morgan fingerprint density at radius 1 is 1.03 bits per heavy atom. The van der Waals surface area contributed by atoms with Crippen LogP contribution in [0.5, 0.6) is 17.5 Å². The predicted octanol–water partition coefficient (Wildman–Crippen LogP) is 3.50. The Hall–Kier alpha value is -3.25. The number of aromatic nitrogens is 5. The second-order valence-electron chi connectivity index (χ2n) is 10.3. The lowest BCUT2D eigenvalue weighted by Crippen LogP contribution is -2.47. The van der Waals surface area contributed by atoms with Crippen LogP contribution in [0.1, 0.15) is 39.4 Å². The average Bonchev–Trinajstić information content (AvgIpc) is 3.29. The second-order valence-corrected chi connectivity index (χ2v) is 12.7. The van der Waals surface area contributed by atoms with Crippen LogP contribution in [0.3, 0.4) is 0 Å². The van der Waals surface area contributed by atoms with Crippen molar-refractivity contribution in [2.24, 2.45) is 11.3 Å². The van der Waals surface area contributed by atoms with Crippen molar-refractivity contribution in [1.82, 2.24) is 24.7 Å². The molecule has 0 bridgehead atoms. The van der Waals surface area contributed by atoms with E-state index >= 15 is 0 Å². The van der Waals surface area contributed by atoms with Crippen LogP contribution in [-0.2, 0) is 20.3 Å². The monoisotopic (exact) mass is 545 g/mol. The molecule has 1 saturated carbocycles. The molecule has 12 heteroatoms. The molecule has 2 atom stereocenters. The summed E-state index contributed by atoms with van der Waals surface area (Å²) in [6.07, 6.45) is 2.71. The average molecular weight is 546 g/mol. The maximum Gasteiger partial charge on any atom is 0.245 e. The number of ether oxygens (including phenoxy) is 4. The zero-order valence-corrected chi connectivity index (χ0v) is 23.7. The second kappa shape index (κ2) is 10.9. The van der Waals surface area contributed by atoms with E-state index in [4.69, 9.17) is 18.9 Å². The Labute approximate surface area is 223 Å². The molecule has 206 valence electrons. The van der Waals surface area contributed by atoms with E-state index in [1.807, 2.05) is 12.1 Å². The highest BCUT2D eigenvalue weighted by atomic mass is 32.2. The van der Waals surface area contributed by atoms with Gasteiger partial charge in [-0.3, -0.25) is 4.57 Å². The lowest BCUT2D eigenvalue weighted by atomic mass is 9.62. The quantitative estimate of drug-likeness (QED) is 0.353. The third-order valence-electron chi connectivity index (χ3n) is 7.15. The lowest BCUT2D eigenvalue weighted by molar-refractivity contribution is -0.0368. The molecular formula is C26H35N5O6S. The maximum absolute atomic E-state index is 13.8. The summed E-state index contributed by atoms with van der Waals surface area (Å²) >= 11 is 0. The van der Waals surface area contributed by atoms with Crippen LogP contribution in [0, 0.1) is 11.3 Å². The first kappa shape index (κ1) is 27.8. The van der Waals surface area contributed by atoms with Crippen LogP contribution in [-0.4, -0.2) is 72.9 Å². The van der Waals surface area contributed by atoms with Gasteiger partial charge in [0.2, 0.25) is 11.8 Å². The van der Waals surface area contributed by atoms with Crippen molar-refractivity contribution in [3.05, 3.63) is 36.4 Å². The van der Waals surface area contributed by atoms with Gasteiger partial charge in [0.15, 0.2) is 27.2 Å². The molecule has 2 heterocycles. The van der Waals surface area contributed by atoms with Crippen LogP contribution in [0.15, 0.2) is 30.6 Å². The Morgan fingerprint density at radius 3 is 2.24 bits per heavy atom. The number of sulfone groups is 1. The molecule has 0 amide bonds. The van der Waals surface area contributed by atoms with Gasteiger partial charge < -0.3 is 18.9 Å². The predicted molar refractivity (Wildman–Crippen MR) is 141 cm³/mol. The van der Waals surface area contributed by atoms with Gasteiger partial charge in [0.05, 0.1) is 32.7 Å². The first-order chi connectivity index (χ1) is 18.0. The van der Waals surface area contributed by atoms with E-state index in [1.165, 1.54) is 20.5 Å². The van der Waals surface area contributed by atoms with Gasteiger partial charge in [0.25, 0.3) is 0 Å². The molecule has 2 aromatic heterocycles. The van der Waals surface area contributed by atoms with E-state index < -0.39 is 21.2 Å². The minimum Gasteiger partial charge on any atom is -0.497 e. The highest BCUT2D eigenvalue weighted by Crippen LogP contribution is 2.48. The molecule has 0 saturated heterocycles. The minimum atomic E-state index is -3.73. The van der Waals surface area contributed by atoms with E-state index in [0.717, 1.165) is 12.8 Å². The van der Waals surface area contributed by atoms with Gasteiger partial charge in [-0.1, -0.05) is 26.0 Å². The van der Waals surface area contributed by atoms with Crippen molar-refractivity contribution >= 4 is 9.84 Å². The molecule has 1 aliphatic rings. The highest BCUT2D eigenvalue weighted by Gasteiger charge is 2.45. The first-order valence-corrected chi connectivity index (χ1v) is 14.0. The summed E-state index contributed by atoms with van der Waals surface area (Å²) in [6.45, 7) is 6.06. The summed E-state index contributed by atoms with van der Waals surface area (Å²) in [5, 5.41) is 7.93. The van der Waals surface area contributed by atoms with Gasteiger partial charge in [-0.15, -0.1) is 10.2 Å². The van der Waals surface area contributed by atoms with Crippen LogP contribution in [0.2, 0.25) is 0 Å². The first-order valence-electron chi connectivity index (χ1n) is 12.3. The Balaban J connectivity index is 1.81. The molecule has 0 radical (unpaired) electrons. The van der Waals surface area contributed by atoms with Crippen LogP contribution in [0.25, 0.3) is 17.1 Å². The van der Waals surface area contributed by atoms with Crippen LogP contribution < -0.4 is 14.2 Å². The van der Waals surface area contributed by atoms with E-state index in [9.17, 15) is 8.42 Å². The summed E-state index contributed by atoms with van der Waals surface area (Å²) in [5.41, 5.74) is 1.13. The Morgan fingerprint density at radius 2 is 1.68 bits per heavy atom. The third kappa shape index (κ3) is 5.32. The zero-order valence-electron chi connectivity index (χ0n) is 22.8. The third-order valence-corrected chi connectivity index (χ3v) is 9.21. The number of rotatable bonds is 11. The Bertz CT molecular complexity index is 1360. The molecule has 0 aliphatic heterocycles. The van der Waals surface area contributed by atoms with Gasteiger partial charge in [-0.2, -0.15) is 9.97 Å². The Kier molecular flexibility index (Phi) is 7.93. The molecule has 38 heavy (non-hydrogen) atoms. The lowest BCUT2D eigenvalue weighted by Gasteiger charge is -2.47. The molecule has 1 aliphatic carbocycles. The number of benzene rings is 1. The van der Waals surface area contributed by atoms with Crippen molar-refractivity contribution in [2.45, 2.75) is 50.7 Å². The largest absolute Gasteiger partial charge is 0.497 e. The molecule has 4 rings (SSSR count). The minimum absolute atomic E-state index is 0.171. The smallest absolute Gasteiger partial charge is 0.245 e. The van der Waals surface area contributed by atoms with Crippen LogP contribution in [0.4, 0.5) is 0 Å². The van der Waals surface area contributed by atoms with Crippen molar-refractivity contribution < 1.29 is 27.4 Å². The van der Waals surface area contributed by atoms with Crippen LogP contribution >= 0.6 is 0 Å². The van der Waals surface area contributed by atoms with Gasteiger partial charge in [-0.25, -0.2) is 8.42 Å². The summed E-state index contributed by atoms with van der Waals surface area (Å²) < 4.78 is 51.2. The van der Waals surface area contributed by atoms with Gasteiger partial charge >= 0.3 is 0 Å². The van der Waals surface area contributed by atoms with Crippen molar-refractivity contribution in [3.63, 3.8) is 0 Å². The summed E-state index contributed by atoms with van der Waals surface area (Å²) in [7, 11) is 2.33. The molecule has 1 aromatic carbocycles. The normalized spacial score (nSPS) is 16.9. The van der Waals surface area contributed by atoms with Gasteiger partial charge in [-0.05, 0) is 43.2 Å². The highest BCUT2D eigenvalue weighted by molar-refractivity contribution is 7.91. The summed E-state index contributed by atoms with van der Waals surface area (Å²) in [6, 6.07) is 7.22. The maximum atomic E-state index is 13.8. The molecule has 3 aromatic rings. The van der Waals surface area contributed by atoms with E-state index in [2.05, 4.69) is 34.0 Å². The fourth-order valence-corrected chi connectivity index (χ4v) is 6.86. The molecular weight excluding hydrogens is 510 g/mol. The standard InChI is InChI=1S/C26H35N5O6S/c1-16(22(35-5)18-12-26(2,3)13-18)38(32,33)14-20-29-30-23(17-9-8-10-19(11-17)34-4)31(20)21-24(36-6)27-15-28-25(21)37-7/h8-11,15-16,18,22H,12-14H2,1-7H3/t16-,22+/m1/s1. The van der Waals surface area contributed by atoms with Gasteiger partial charge in [0, 0.05) is 12.7 Å². The van der Waals surface area contributed by atoms with E-state index in [1.54, 1.807) is 37.8 Å². The molecule has 0 spiro atoms. The molecule has 1 fully saturated rings. The number of hydrogen-bond acceptors (Lipinski definition) is 10. The molecule has 0 unspecified atom stereocenters. The number of hydrogen-bond donors (Lipinski definition) is 0. The van der Waals surface area contributed by atoms with Gasteiger partial charge in [0.1, 0.15) is 17.8 Å². The van der Waals surface area contributed by atoms with E-state index in [0.29, 0.717) is 22.8 Å². The molecule has 0 N–H and O–H groups in total. The fourth-order valence-electron chi connectivity index (χ4n) is 5.31. The zero-order chi connectivity index (χ0) is 27.7. The fraction of sp³-hybridized carbons (Fsp3) is 0.538. The van der Waals surface area contributed by atoms with E-state index in [-0.39, 0.29) is 34.7 Å². The van der Waals surface area contributed by atoms with Crippen molar-refractivity contribution in [3.8, 4) is 34.6 Å². The number of methoxy groups -OCH3 is 4. The summed E-state index contributed by atoms with van der Waals surface area (Å²) in [4.78, 5) is 8.43. The van der Waals surface area contributed by atoms with Crippen molar-refractivity contribution in [1.29, 1.82) is 0 Å². The topological polar surface area (TPSA) is 128 Å². The molecule has 11 nitrogen and oxygen atoms in total. The SMILES string of the molecule is COc1cccc(-c2nnc(CS(=O)(=O)[C@H](C)[C@H](OC)C3CC(C)(C)C3)n2-c2c(OC)ncnc2OC)c1.